The molecular formula is C13H22N2O2. The van der Waals surface area contributed by atoms with Crippen molar-refractivity contribution in [1.29, 1.82) is 0 Å². The highest BCUT2D eigenvalue weighted by Gasteiger charge is 2.18. The summed E-state index contributed by atoms with van der Waals surface area (Å²) in [5.74, 6) is 0.143. The number of hydrogen-bond acceptors (Lipinski definition) is 3. The van der Waals surface area contributed by atoms with E-state index in [1.807, 2.05) is 38.4 Å². The molecule has 1 rings (SSSR count). The first-order chi connectivity index (χ1) is 8.12. The number of rotatable bonds is 7. The van der Waals surface area contributed by atoms with Gasteiger partial charge in [-0.15, -0.1) is 0 Å². The third-order valence-corrected chi connectivity index (χ3v) is 2.74. The molecule has 0 fully saturated rings. The molecule has 0 saturated carbocycles. The van der Waals surface area contributed by atoms with E-state index in [0.717, 1.165) is 24.4 Å². The fraction of sp³-hybridized carbons (Fsp3) is 0.692. The lowest BCUT2D eigenvalue weighted by atomic mass is 10.1. The Morgan fingerprint density at radius 3 is 2.71 bits per heavy atom. The standard InChI is InChI=1S/C13H22N2O2/c1-5-13(17-7-3)12(16)9-11-8-10(4)14-15(11)6-2/h8,13H,5-7,9H2,1-4H3. The van der Waals surface area contributed by atoms with Crippen LogP contribution < -0.4 is 0 Å². The predicted octanol–water partition coefficient (Wildman–Crippen LogP) is 2.14. The molecular weight excluding hydrogens is 216 g/mol. The second-order valence-electron chi connectivity index (χ2n) is 4.09. The molecule has 0 amide bonds. The molecule has 1 heterocycles. The van der Waals surface area contributed by atoms with Crippen molar-refractivity contribution in [2.75, 3.05) is 6.61 Å². The van der Waals surface area contributed by atoms with Crippen LogP contribution in [0.3, 0.4) is 0 Å². The van der Waals surface area contributed by atoms with Crippen molar-refractivity contribution in [3.63, 3.8) is 0 Å². The molecule has 1 aromatic rings. The third kappa shape index (κ3) is 3.66. The first-order valence-corrected chi connectivity index (χ1v) is 6.29. The van der Waals surface area contributed by atoms with E-state index in [-0.39, 0.29) is 11.9 Å². The van der Waals surface area contributed by atoms with Crippen LogP contribution in [-0.2, 0) is 22.5 Å². The number of aryl methyl sites for hydroxylation is 2. The smallest absolute Gasteiger partial charge is 0.167 e. The van der Waals surface area contributed by atoms with Gasteiger partial charge in [0, 0.05) is 18.8 Å². The monoisotopic (exact) mass is 238 g/mol. The summed E-state index contributed by atoms with van der Waals surface area (Å²) < 4.78 is 7.31. The summed E-state index contributed by atoms with van der Waals surface area (Å²) in [4.78, 5) is 12.0. The van der Waals surface area contributed by atoms with Gasteiger partial charge in [-0.05, 0) is 33.3 Å². The molecule has 1 atom stereocenters. The van der Waals surface area contributed by atoms with Crippen molar-refractivity contribution < 1.29 is 9.53 Å². The minimum absolute atomic E-state index is 0.143. The zero-order chi connectivity index (χ0) is 12.8. The summed E-state index contributed by atoms with van der Waals surface area (Å²) in [6, 6.07) is 1.97. The maximum Gasteiger partial charge on any atom is 0.167 e. The average Bonchev–Trinajstić information content (AvgIpc) is 2.66. The molecule has 0 bridgehead atoms. The summed E-state index contributed by atoms with van der Waals surface area (Å²) in [6.07, 6.45) is 0.861. The predicted molar refractivity (Wildman–Crippen MR) is 67.1 cm³/mol. The van der Waals surface area contributed by atoms with Crippen LogP contribution in [0.15, 0.2) is 6.07 Å². The topological polar surface area (TPSA) is 44.1 Å². The maximum atomic E-state index is 12.0. The van der Waals surface area contributed by atoms with Gasteiger partial charge in [-0.2, -0.15) is 5.10 Å². The Hall–Kier alpha value is -1.16. The fourth-order valence-electron chi connectivity index (χ4n) is 1.95. The van der Waals surface area contributed by atoms with E-state index in [4.69, 9.17) is 4.74 Å². The van der Waals surface area contributed by atoms with Crippen LogP contribution in [0.2, 0.25) is 0 Å². The first kappa shape index (κ1) is 13.9. The molecule has 0 radical (unpaired) electrons. The van der Waals surface area contributed by atoms with E-state index in [2.05, 4.69) is 5.10 Å². The Balaban J connectivity index is 2.72. The summed E-state index contributed by atoms with van der Waals surface area (Å²) in [5.41, 5.74) is 1.94. The normalized spacial score (nSPS) is 12.7. The van der Waals surface area contributed by atoms with Crippen LogP contribution in [0, 0.1) is 6.92 Å². The summed E-state index contributed by atoms with van der Waals surface area (Å²) in [5, 5.41) is 4.34. The Kier molecular flexibility index (Phi) is 5.35. The Bertz CT molecular complexity index is 371. The van der Waals surface area contributed by atoms with Gasteiger partial charge in [0.2, 0.25) is 0 Å². The summed E-state index contributed by atoms with van der Waals surface area (Å²) >= 11 is 0. The van der Waals surface area contributed by atoms with Gasteiger partial charge in [-0.1, -0.05) is 6.92 Å². The lowest BCUT2D eigenvalue weighted by Crippen LogP contribution is -2.26. The average molecular weight is 238 g/mol. The van der Waals surface area contributed by atoms with Crippen LogP contribution in [0.5, 0.6) is 0 Å². The maximum absolute atomic E-state index is 12.0. The number of ketones is 1. The van der Waals surface area contributed by atoms with Crippen LogP contribution in [0.4, 0.5) is 0 Å². The second-order valence-corrected chi connectivity index (χ2v) is 4.09. The summed E-state index contributed by atoms with van der Waals surface area (Å²) in [7, 11) is 0. The lowest BCUT2D eigenvalue weighted by molar-refractivity contribution is -0.129. The van der Waals surface area contributed by atoms with Gasteiger partial charge in [0.15, 0.2) is 5.78 Å². The Morgan fingerprint density at radius 1 is 1.47 bits per heavy atom. The number of nitrogens with zero attached hydrogens (tertiary/aromatic N) is 2. The van der Waals surface area contributed by atoms with Crippen molar-refractivity contribution in [3.05, 3.63) is 17.5 Å². The molecule has 0 spiro atoms. The van der Waals surface area contributed by atoms with E-state index in [9.17, 15) is 4.79 Å². The van der Waals surface area contributed by atoms with Crippen molar-refractivity contribution in [2.45, 2.75) is 53.2 Å². The third-order valence-electron chi connectivity index (χ3n) is 2.74. The van der Waals surface area contributed by atoms with Crippen molar-refractivity contribution >= 4 is 5.78 Å². The molecule has 4 heteroatoms. The highest BCUT2D eigenvalue weighted by molar-refractivity contribution is 5.84. The molecule has 0 aromatic carbocycles. The van der Waals surface area contributed by atoms with Crippen LogP contribution >= 0.6 is 0 Å². The van der Waals surface area contributed by atoms with E-state index in [1.54, 1.807) is 0 Å². The highest BCUT2D eigenvalue weighted by Crippen LogP contribution is 2.09. The Morgan fingerprint density at radius 2 is 2.18 bits per heavy atom. The number of Topliss-reactive ketones (excluding diaryl/α,β-unsaturated/α-hetero) is 1. The molecule has 1 aromatic heterocycles. The number of carbonyl (C=O) groups excluding carboxylic acids is 1. The zero-order valence-electron chi connectivity index (χ0n) is 11.2. The van der Waals surface area contributed by atoms with Gasteiger partial charge in [0.1, 0.15) is 6.10 Å². The van der Waals surface area contributed by atoms with Gasteiger partial charge in [-0.3, -0.25) is 9.48 Å². The SMILES string of the molecule is CCOC(CC)C(=O)Cc1cc(C)nn1CC. The van der Waals surface area contributed by atoms with E-state index in [1.165, 1.54) is 0 Å². The van der Waals surface area contributed by atoms with E-state index in [0.29, 0.717) is 13.0 Å². The molecule has 0 N–H and O–H groups in total. The van der Waals surface area contributed by atoms with Crippen molar-refractivity contribution in [3.8, 4) is 0 Å². The fourth-order valence-corrected chi connectivity index (χ4v) is 1.95. The molecule has 17 heavy (non-hydrogen) atoms. The van der Waals surface area contributed by atoms with Gasteiger partial charge in [-0.25, -0.2) is 0 Å². The Labute approximate surface area is 103 Å². The highest BCUT2D eigenvalue weighted by atomic mass is 16.5. The second kappa shape index (κ2) is 6.55. The van der Waals surface area contributed by atoms with E-state index < -0.39 is 0 Å². The first-order valence-electron chi connectivity index (χ1n) is 6.29. The molecule has 0 aliphatic carbocycles. The van der Waals surface area contributed by atoms with Crippen LogP contribution in [-0.4, -0.2) is 28.3 Å². The van der Waals surface area contributed by atoms with Crippen molar-refractivity contribution in [1.82, 2.24) is 9.78 Å². The van der Waals surface area contributed by atoms with Crippen LogP contribution in [0.1, 0.15) is 38.6 Å². The molecule has 0 saturated heterocycles. The number of aromatic nitrogens is 2. The molecule has 1 unspecified atom stereocenters. The molecule has 96 valence electrons. The molecule has 0 aliphatic heterocycles. The van der Waals surface area contributed by atoms with Crippen molar-refractivity contribution in [2.24, 2.45) is 0 Å². The minimum Gasteiger partial charge on any atom is -0.371 e. The minimum atomic E-state index is -0.277. The quantitative estimate of drug-likeness (QED) is 0.731. The molecule has 0 aliphatic rings. The van der Waals surface area contributed by atoms with Gasteiger partial charge >= 0.3 is 0 Å². The lowest BCUT2D eigenvalue weighted by Gasteiger charge is -2.13. The largest absolute Gasteiger partial charge is 0.371 e. The number of carbonyl (C=O) groups is 1. The summed E-state index contributed by atoms with van der Waals surface area (Å²) in [6.45, 7) is 9.23. The van der Waals surface area contributed by atoms with Crippen LogP contribution in [0.25, 0.3) is 0 Å². The van der Waals surface area contributed by atoms with Gasteiger partial charge in [0.05, 0.1) is 12.1 Å². The number of ether oxygens (including phenoxy) is 1. The van der Waals surface area contributed by atoms with E-state index >= 15 is 0 Å². The van der Waals surface area contributed by atoms with Gasteiger partial charge < -0.3 is 4.74 Å². The molecule has 4 nitrogen and oxygen atoms in total. The number of hydrogen-bond donors (Lipinski definition) is 0. The van der Waals surface area contributed by atoms with Gasteiger partial charge in [0.25, 0.3) is 0 Å². The zero-order valence-corrected chi connectivity index (χ0v) is 11.2.